The van der Waals surface area contributed by atoms with Gasteiger partial charge in [0.1, 0.15) is 31.1 Å². The van der Waals surface area contributed by atoms with Crippen molar-refractivity contribution in [3.05, 3.63) is 48.5 Å². The predicted molar refractivity (Wildman–Crippen MR) is 141 cm³/mol. The number of alkyl carbamates (subject to hydrolysis) is 1. The van der Waals surface area contributed by atoms with Gasteiger partial charge in [-0.1, -0.05) is 30.3 Å². The molecule has 4 rings (SSSR count). The van der Waals surface area contributed by atoms with Crippen LogP contribution in [-0.2, 0) is 30.4 Å². The summed E-state index contributed by atoms with van der Waals surface area (Å²) in [6.07, 6.45) is 1.52. The lowest BCUT2D eigenvalue weighted by Gasteiger charge is -2.25. The zero-order valence-corrected chi connectivity index (χ0v) is 22.6. The van der Waals surface area contributed by atoms with E-state index in [0.717, 1.165) is 5.56 Å². The standard InChI is InChI=1S/C26H31N7O7/c1-26(2,3)40-24(36)27-11-17-10-18(23(35)32(17)12-19(34)38-4)33-15-30-20-21(28-14-29-22(20)33)31-25(37)39-13-16-8-6-5-7-9-16/h5-9,14-15,17-18H,10-13H2,1-4H3,(H,27,36)(H,28,29,31,37)/t17-,18+/m1/s1. The van der Waals surface area contributed by atoms with Gasteiger partial charge in [-0.3, -0.25) is 14.9 Å². The fourth-order valence-corrected chi connectivity index (χ4v) is 4.24. The number of nitrogens with zero attached hydrogens (tertiary/aromatic N) is 5. The molecule has 212 valence electrons. The Morgan fingerprint density at radius 2 is 1.82 bits per heavy atom. The molecule has 40 heavy (non-hydrogen) atoms. The van der Waals surface area contributed by atoms with Gasteiger partial charge in [0.05, 0.1) is 19.5 Å². The van der Waals surface area contributed by atoms with Gasteiger partial charge in [0.25, 0.3) is 0 Å². The van der Waals surface area contributed by atoms with Crippen LogP contribution in [0.2, 0.25) is 0 Å². The summed E-state index contributed by atoms with van der Waals surface area (Å²) in [4.78, 5) is 64.2. The molecule has 3 aromatic rings. The van der Waals surface area contributed by atoms with Crippen molar-refractivity contribution >= 4 is 41.0 Å². The Balaban J connectivity index is 1.50. The largest absolute Gasteiger partial charge is 0.468 e. The number of rotatable bonds is 8. The molecule has 2 atom stereocenters. The van der Waals surface area contributed by atoms with Crippen LogP contribution in [0.3, 0.4) is 0 Å². The average Bonchev–Trinajstić information content (AvgIpc) is 3.47. The van der Waals surface area contributed by atoms with E-state index in [1.165, 1.54) is 24.7 Å². The molecule has 1 fully saturated rings. The van der Waals surface area contributed by atoms with Crippen molar-refractivity contribution in [1.82, 2.24) is 29.7 Å². The van der Waals surface area contributed by atoms with Crippen molar-refractivity contribution < 1.29 is 33.4 Å². The highest BCUT2D eigenvalue weighted by Crippen LogP contribution is 2.32. The first-order chi connectivity index (χ1) is 19.1. The number of imidazole rings is 1. The lowest BCUT2D eigenvalue weighted by molar-refractivity contribution is -0.147. The van der Waals surface area contributed by atoms with E-state index in [2.05, 4.69) is 25.6 Å². The van der Waals surface area contributed by atoms with Crippen LogP contribution in [0.25, 0.3) is 11.2 Å². The number of fused-ring (bicyclic) bond motifs is 1. The molecule has 0 radical (unpaired) electrons. The number of anilines is 1. The lowest BCUT2D eigenvalue weighted by atomic mass is 10.1. The normalized spacial score (nSPS) is 17.0. The van der Waals surface area contributed by atoms with Gasteiger partial charge >= 0.3 is 18.2 Å². The van der Waals surface area contributed by atoms with Gasteiger partial charge in [0, 0.05) is 6.54 Å². The van der Waals surface area contributed by atoms with Crippen molar-refractivity contribution in [3.8, 4) is 0 Å². The van der Waals surface area contributed by atoms with Crippen LogP contribution >= 0.6 is 0 Å². The average molecular weight is 554 g/mol. The van der Waals surface area contributed by atoms with Gasteiger partial charge in [0.15, 0.2) is 17.0 Å². The highest BCUT2D eigenvalue weighted by molar-refractivity contribution is 5.94. The molecular formula is C26H31N7O7. The molecule has 2 aromatic heterocycles. The number of ether oxygens (including phenoxy) is 3. The molecule has 0 bridgehead atoms. The maximum atomic E-state index is 13.5. The van der Waals surface area contributed by atoms with Crippen LogP contribution in [-0.4, -0.2) is 80.3 Å². The molecular weight excluding hydrogens is 522 g/mol. The van der Waals surface area contributed by atoms with E-state index in [9.17, 15) is 19.2 Å². The minimum Gasteiger partial charge on any atom is -0.468 e. The Morgan fingerprint density at radius 1 is 1.07 bits per heavy atom. The van der Waals surface area contributed by atoms with Crippen LogP contribution < -0.4 is 10.6 Å². The van der Waals surface area contributed by atoms with E-state index in [0.29, 0.717) is 5.65 Å². The minimum atomic E-state index is -0.784. The quantitative estimate of drug-likeness (QED) is 0.312. The zero-order valence-electron chi connectivity index (χ0n) is 22.6. The number of carbonyl (C=O) groups excluding carboxylic acids is 4. The van der Waals surface area contributed by atoms with E-state index in [-0.39, 0.29) is 43.4 Å². The molecule has 0 unspecified atom stereocenters. The Hall–Kier alpha value is -4.75. The number of nitrogens with one attached hydrogen (secondary N) is 2. The van der Waals surface area contributed by atoms with E-state index in [4.69, 9.17) is 14.2 Å². The van der Waals surface area contributed by atoms with E-state index in [1.54, 1.807) is 25.3 Å². The lowest BCUT2D eigenvalue weighted by Crippen LogP contribution is -2.45. The Kier molecular flexibility index (Phi) is 8.46. The Labute approximate surface area is 230 Å². The summed E-state index contributed by atoms with van der Waals surface area (Å²) in [5.74, 6) is -0.868. The molecule has 2 N–H and O–H groups in total. The first kappa shape index (κ1) is 28.3. The summed E-state index contributed by atoms with van der Waals surface area (Å²) < 4.78 is 16.9. The van der Waals surface area contributed by atoms with Gasteiger partial charge in [-0.2, -0.15) is 0 Å². The highest BCUT2D eigenvalue weighted by atomic mass is 16.6. The number of methoxy groups -OCH3 is 1. The summed E-state index contributed by atoms with van der Waals surface area (Å²) in [7, 11) is 1.23. The first-order valence-electron chi connectivity index (χ1n) is 12.5. The van der Waals surface area contributed by atoms with Crippen molar-refractivity contribution in [2.45, 2.75) is 51.5 Å². The molecule has 3 amide bonds. The molecule has 14 heteroatoms. The minimum absolute atomic E-state index is 0.0514. The fourth-order valence-electron chi connectivity index (χ4n) is 4.24. The van der Waals surface area contributed by atoms with Gasteiger partial charge in [0.2, 0.25) is 5.91 Å². The van der Waals surface area contributed by atoms with Crippen LogP contribution in [0.1, 0.15) is 38.8 Å². The second-order valence-corrected chi connectivity index (χ2v) is 10.1. The summed E-state index contributed by atoms with van der Waals surface area (Å²) in [6.45, 7) is 5.04. The third-order valence-corrected chi connectivity index (χ3v) is 6.04. The SMILES string of the molecule is COC(=O)CN1C(=O)[C@@H](n2cnc3c(NC(=O)OCc4ccccc4)ncnc32)C[C@@H]1CNC(=O)OC(C)(C)C. The molecule has 1 saturated heterocycles. The molecule has 14 nitrogen and oxygen atoms in total. The second-order valence-electron chi connectivity index (χ2n) is 10.1. The number of esters is 1. The molecule has 0 aliphatic carbocycles. The van der Waals surface area contributed by atoms with Crippen LogP contribution in [0.4, 0.5) is 15.4 Å². The van der Waals surface area contributed by atoms with Crippen LogP contribution in [0, 0.1) is 0 Å². The maximum absolute atomic E-state index is 13.5. The van der Waals surface area contributed by atoms with Gasteiger partial charge in [-0.25, -0.2) is 24.5 Å². The Morgan fingerprint density at radius 3 is 2.52 bits per heavy atom. The summed E-state index contributed by atoms with van der Waals surface area (Å²) in [6, 6.07) is 7.88. The maximum Gasteiger partial charge on any atom is 0.413 e. The monoisotopic (exact) mass is 553 g/mol. The third-order valence-electron chi connectivity index (χ3n) is 6.04. The van der Waals surface area contributed by atoms with Crippen molar-refractivity contribution in [3.63, 3.8) is 0 Å². The second kappa shape index (κ2) is 12.0. The number of amides is 3. The number of aromatic nitrogens is 4. The number of hydrogen-bond donors (Lipinski definition) is 2. The summed E-state index contributed by atoms with van der Waals surface area (Å²) in [5.41, 5.74) is 0.674. The molecule has 1 aromatic carbocycles. The molecule has 3 heterocycles. The van der Waals surface area contributed by atoms with Gasteiger partial charge in [-0.05, 0) is 32.8 Å². The summed E-state index contributed by atoms with van der Waals surface area (Å²) in [5, 5.41) is 5.23. The number of benzene rings is 1. The topological polar surface area (TPSA) is 167 Å². The number of hydrogen-bond acceptors (Lipinski definition) is 10. The molecule has 0 saturated carbocycles. The van der Waals surface area contributed by atoms with Crippen molar-refractivity contribution in [2.24, 2.45) is 0 Å². The third kappa shape index (κ3) is 6.81. The van der Waals surface area contributed by atoms with Crippen LogP contribution in [0.5, 0.6) is 0 Å². The van der Waals surface area contributed by atoms with E-state index >= 15 is 0 Å². The fraction of sp³-hybridized carbons (Fsp3) is 0.423. The van der Waals surface area contributed by atoms with E-state index < -0.39 is 35.8 Å². The zero-order chi connectivity index (χ0) is 28.9. The van der Waals surface area contributed by atoms with Crippen molar-refractivity contribution in [1.29, 1.82) is 0 Å². The van der Waals surface area contributed by atoms with Crippen molar-refractivity contribution in [2.75, 3.05) is 25.5 Å². The first-order valence-corrected chi connectivity index (χ1v) is 12.5. The predicted octanol–water partition coefficient (Wildman–Crippen LogP) is 2.41. The number of carbonyl (C=O) groups is 4. The smallest absolute Gasteiger partial charge is 0.413 e. The van der Waals surface area contributed by atoms with E-state index in [1.807, 2.05) is 30.3 Å². The molecule has 1 aliphatic heterocycles. The van der Waals surface area contributed by atoms with Gasteiger partial charge < -0.3 is 29.0 Å². The molecule has 0 spiro atoms. The Bertz CT molecular complexity index is 1390. The van der Waals surface area contributed by atoms with Gasteiger partial charge in [-0.15, -0.1) is 0 Å². The highest BCUT2D eigenvalue weighted by Gasteiger charge is 2.42. The van der Waals surface area contributed by atoms with Crippen LogP contribution in [0.15, 0.2) is 43.0 Å². The number of likely N-dealkylation sites (tertiary alicyclic amines) is 1. The molecule has 1 aliphatic rings. The summed E-state index contributed by atoms with van der Waals surface area (Å²) >= 11 is 0.